The molecule has 122 valence electrons. The number of pyridine rings is 1. The molecule has 2 heterocycles. The van der Waals surface area contributed by atoms with Crippen LogP contribution in [0.5, 0.6) is 0 Å². The van der Waals surface area contributed by atoms with Crippen LogP contribution in [0.2, 0.25) is 0 Å². The highest BCUT2D eigenvalue weighted by atomic mass is 16.6. The number of aromatic nitrogens is 2. The van der Waals surface area contributed by atoms with Gasteiger partial charge in [0.2, 0.25) is 0 Å². The topological polar surface area (TPSA) is 86.7 Å². The number of rotatable bonds is 4. The molecule has 3 aromatic rings. The van der Waals surface area contributed by atoms with Gasteiger partial charge in [-0.2, -0.15) is 0 Å². The highest BCUT2D eigenvalue weighted by Gasteiger charge is 2.18. The van der Waals surface area contributed by atoms with Crippen molar-refractivity contribution >= 4 is 17.3 Å². The van der Waals surface area contributed by atoms with Crippen molar-refractivity contribution in [2.75, 3.05) is 0 Å². The van der Waals surface area contributed by atoms with E-state index in [1.165, 1.54) is 12.1 Å². The van der Waals surface area contributed by atoms with E-state index in [4.69, 9.17) is 4.74 Å². The van der Waals surface area contributed by atoms with E-state index < -0.39 is 17.0 Å². The van der Waals surface area contributed by atoms with Crippen molar-refractivity contribution in [3.8, 4) is 0 Å². The number of ether oxygens (including phenoxy) is 1. The molecule has 0 aliphatic heterocycles. The molecular weight excluding hydrogens is 310 g/mol. The third-order valence-corrected chi connectivity index (χ3v) is 3.74. The van der Waals surface area contributed by atoms with Crippen molar-refractivity contribution in [1.29, 1.82) is 0 Å². The molecule has 0 radical (unpaired) electrons. The molecule has 24 heavy (non-hydrogen) atoms. The summed E-state index contributed by atoms with van der Waals surface area (Å²) in [5.74, 6) is -0.572. The monoisotopic (exact) mass is 325 g/mol. The molecule has 3 rings (SSSR count). The van der Waals surface area contributed by atoms with Crippen molar-refractivity contribution in [3.63, 3.8) is 0 Å². The van der Waals surface area contributed by atoms with Crippen LogP contribution >= 0.6 is 0 Å². The van der Waals surface area contributed by atoms with Crippen LogP contribution in [0.15, 0.2) is 48.7 Å². The molecule has 7 nitrogen and oxygen atoms in total. The number of nitrogens with zero attached hydrogens (tertiary/aromatic N) is 3. The number of benzene rings is 1. The van der Waals surface area contributed by atoms with Crippen LogP contribution < -0.4 is 0 Å². The summed E-state index contributed by atoms with van der Waals surface area (Å²) in [5, 5.41) is 10.8. The number of hydrogen-bond donors (Lipinski definition) is 0. The van der Waals surface area contributed by atoms with Gasteiger partial charge in [0.1, 0.15) is 11.8 Å². The minimum atomic E-state index is -0.622. The lowest BCUT2D eigenvalue weighted by atomic mass is 10.1. The maximum Gasteiger partial charge on any atom is 0.359 e. The van der Waals surface area contributed by atoms with Gasteiger partial charge in [0.05, 0.1) is 4.92 Å². The second-order valence-corrected chi connectivity index (χ2v) is 5.42. The molecule has 0 saturated carbocycles. The first-order valence-corrected chi connectivity index (χ1v) is 7.36. The van der Waals surface area contributed by atoms with E-state index in [0.717, 1.165) is 5.69 Å². The molecule has 0 aliphatic rings. The predicted octanol–water partition coefficient (Wildman–Crippen LogP) is 3.47. The van der Waals surface area contributed by atoms with Gasteiger partial charge in [-0.3, -0.25) is 10.1 Å². The lowest BCUT2D eigenvalue weighted by Crippen LogP contribution is -2.09. The largest absolute Gasteiger partial charge is 0.453 e. The summed E-state index contributed by atoms with van der Waals surface area (Å²) in [6, 6.07) is 11.6. The van der Waals surface area contributed by atoms with E-state index in [1.54, 1.807) is 35.7 Å². The van der Waals surface area contributed by atoms with Crippen molar-refractivity contribution in [3.05, 3.63) is 75.7 Å². The highest BCUT2D eigenvalue weighted by molar-refractivity contribution is 5.88. The summed E-state index contributed by atoms with van der Waals surface area (Å²) >= 11 is 0. The van der Waals surface area contributed by atoms with Crippen LogP contribution in [0.1, 0.15) is 34.8 Å². The lowest BCUT2D eigenvalue weighted by molar-refractivity contribution is -0.385. The zero-order chi connectivity index (χ0) is 17.3. The second kappa shape index (κ2) is 6.11. The quantitative estimate of drug-likeness (QED) is 0.416. The predicted molar refractivity (Wildman–Crippen MR) is 86.9 cm³/mol. The first-order chi connectivity index (χ1) is 11.5. The Bertz CT molecular complexity index is 932. The Morgan fingerprint density at radius 2 is 2.04 bits per heavy atom. The van der Waals surface area contributed by atoms with Gasteiger partial charge in [0.25, 0.3) is 5.69 Å². The number of fused-ring (bicyclic) bond motifs is 1. The van der Waals surface area contributed by atoms with Crippen molar-refractivity contribution < 1.29 is 14.5 Å². The van der Waals surface area contributed by atoms with Gasteiger partial charge < -0.3 is 9.14 Å². The molecule has 7 heteroatoms. The average Bonchev–Trinajstić information content (AvgIpc) is 3.00. The summed E-state index contributed by atoms with van der Waals surface area (Å²) in [4.78, 5) is 26.9. The van der Waals surface area contributed by atoms with Crippen LogP contribution in [0.4, 0.5) is 5.69 Å². The fraction of sp³-hybridized carbons (Fsp3) is 0.176. The molecule has 0 bridgehead atoms. The van der Waals surface area contributed by atoms with E-state index in [9.17, 15) is 14.9 Å². The van der Waals surface area contributed by atoms with Gasteiger partial charge in [-0.25, -0.2) is 9.78 Å². The molecule has 0 saturated heterocycles. The summed E-state index contributed by atoms with van der Waals surface area (Å²) < 4.78 is 7.19. The summed E-state index contributed by atoms with van der Waals surface area (Å²) in [5.41, 5.74) is 2.31. The third-order valence-electron chi connectivity index (χ3n) is 3.74. The maximum atomic E-state index is 12.3. The van der Waals surface area contributed by atoms with Crippen LogP contribution in [0, 0.1) is 17.0 Å². The minimum Gasteiger partial charge on any atom is -0.453 e. The van der Waals surface area contributed by atoms with E-state index in [2.05, 4.69) is 4.98 Å². The molecule has 0 spiro atoms. The van der Waals surface area contributed by atoms with Gasteiger partial charge in [0.15, 0.2) is 5.69 Å². The molecule has 0 N–H and O–H groups in total. The molecule has 2 aromatic heterocycles. The first-order valence-electron chi connectivity index (χ1n) is 7.36. The number of non-ortho nitro benzene ring substituents is 1. The zero-order valence-corrected chi connectivity index (χ0v) is 13.2. The SMILES string of the molecule is Cc1cccc2nc(C(=O)OC(C)c3cccc([N+](=O)[O-])c3)cn12. The van der Waals surface area contributed by atoms with Crippen LogP contribution in [0.3, 0.4) is 0 Å². The fourth-order valence-corrected chi connectivity index (χ4v) is 2.43. The number of hydrogen-bond acceptors (Lipinski definition) is 5. The van der Waals surface area contributed by atoms with E-state index in [0.29, 0.717) is 11.2 Å². The molecule has 0 aliphatic carbocycles. The van der Waals surface area contributed by atoms with E-state index in [-0.39, 0.29) is 11.4 Å². The molecule has 1 atom stereocenters. The Balaban J connectivity index is 1.81. The Labute approximate surface area is 137 Å². The summed E-state index contributed by atoms with van der Waals surface area (Å²) in [7, 11) is 0. The number of nitro benzene ring substituents is 1. The van der Waals surface area contributed by atoms with Crippen molar-refractivity contribution in [1.82, 2.24) is 9.38 Å². The smallest absolute Gasteiger partial charge is 0.359 e. The van der Waals surface area contributed by atoms with Gasteiger partial charge in [-0.15, -0.1) is 0 Å². The van der Waals surface area contributed by atoms with Crippen molar-refractivity contribution in [2.24, 2.45) is 0 Å². The minimum absolute atomic E-state index is 0.0428. The Morgan fingerprint density at radius 1 is 1.29 bits per heavy atom. The Hall–Kier alpha value is -3.22. The lowest BCUT2D eigenvalue weighted by Gasteiger charge is -2.12. The van der Waals surface area contributed by atoms with Gasteiger partial charge in [-0.1, -0.05) is 18.2 Å². The number of imidazole rings is 1. The maximum absolute atomic E-state index is 12.3. The molecular formula is C17H15N3O4. The average molecular weight is 325 g/mol. The number of esters is 1. The fourth-order valence-electron chi connectivity index (χ4n) is 2.43. The van der Waals surface area contributed by atoms with Gasteiger partial charge >= 0.3 is 5.97 Å². The first kappa shape index (κ1) is 15.7. The number of aryl methyl sites for hydroxylation is 1. The molecule has 0 fully saturated rings. The standard InChI is InChI=1S/C17H15N3O4/c1-11-5-3-8-16-18-15(10-19(11)16)17(21)24-12(2)13-6-4-7-14(9-13)20(22)23/h3-10,12H,1-2H3. The normalized spacial score (nSPS) is 12.1. The molecule has 1 aromatic carbocycles. The number of carbonyl (C=O) groups is 1. The van der Waals surface area contributed by atoms with Crippen molar-refractivity contribution in [2.45, 2.75) is 20.0 Å². The van der Waals surface area contributed by atoms with E-state index in [1.807, 2.05) is 19.1 Å². The van der Waals surface area contributed by atoms with Gasteiger partial charge in [0, 0.05) is 24.0 Å². The van der Waals surface area contributed by atoms with E-state index >= 15 is 0 Å². The highest BCUT2D eigenvalue weighted by Crippen LogP contribution is 2.23. The number of carbonyl (C=O) groups excluding carboxylic acids is 1. The third kappa shape index (κ3) is 2.96. The number of nitro groups is 1. The molecule has 0 amide bonds. The van der Waals surface area contributed by atoms with Crippen LogP contribution in [0.25, 0.3) is 5.65 Å². The zero-order valence-electron chi connectivity index (χ0n) is 13.2. The second-order valence-electron chi connectivity index (χ2n) is 5.42. The van der Waals surface area contributed by atoms with Gasteiger partial charge in [-0.05, 0) is 31.5 Å². The summed E-state index contributed by atoms with van der Waals surface area (Å²) in [6.07, 6.45) is 0.996. The van der Waals surface area contributed by atoms with Crippen LogP contribution in [-0.2, 0) is 4.74 Å². The summed E-state index contributed by atoms with van der Waals surface area (Å²) in [6.45, 7) is 3.58. The Kier molecular flexibility index (Phi) is 3.99. The van der Waals surface area contributed by atoms with Crippen LogP contribution in [-0.4, -0.2) is 20.3 Å². The molecule has 1 unspecified atom stereocenters. The Morgan fingerprint density at radius 3 is 2.75 bits per heavy atom.